The van der Waals surface area contributed by atoms with Crippen molar-refractivity contribution in [1.29, 1.82) is 0 Å². The molecule has 326 valence electrons. The van der Waals surface area contributed by atoms with E-state index in [1.165, 1.54) is 70.6 Å². The van der Waals surface area contributed by atoms with Gasteiger partial charge in [0.15, 0.2) is 6.10 Å². The molecule has 0 aliphatic rings. The Morgan fingerprint density at radius 3 is 1.46 bits per heavy atom. The summed E-state index contributed by atoms with van der Waals surface area (Å²) in [7, 11) is -4.74. The molecule has 0 aromatic heterocycles. The predicted molar refractivity (Wildman–Crippen MR) is 231 cm³/mol. The summed E-state index contributed by atoms with van der Waals surface area (Å²) in [5.74, 6) is -2.49. The van der Waals surface area contributed by atoms with Crippen LogP contribution in [-0.4, -0.2) is 59.9 Å². The first-order chi connectivity index (χ1) is 27.6. The lowest BCUT2D eigenvalue weighted by molar-refractivity contribution is -0.161. The van der Waals surface area contributed by atoms with E-state index in [0.29, 0.717) is 19.3 Å². The van der Waals surface area contributed by atoms with Crippen LogP contribution in [0.15, 0.2) is 72.9 Å². The Hall–Kier alpha value is -3.08. The van der Waals surface area contributed by atoms with Gasteiger partial charge in [-0.3, -0.25) is 23.4 Å². The second-order valence-electron chi connectivity index (χ2n) is 14.1. The third-order valence-electron chi connectivity index (χ3n) is 8.82. The largest absolute Gasteiger partial charge is 0.480 e. The van der Waals surface area contributed by atoms with Crippen molar-refractivity contribution in [3.63, 3.8) is 0 Å². The van der Waals surface area contributed by atoms with E-state index in [0.717, 1.165) is 44.9 Å². The smallest absolute Gasteiger partial charge is 0.472 e. The van der Waals surface area contributed by atoms with Gasteiger partial charge in [-0.25, -0.2) is 4.57 Å². The molecule has 0 saturated heterocycles. The highest BCUT2D eigenvalue weighted by atomic mass is 31.2. The van der Waals surface area contributed by atoms with Gasteiger partial charge >= 0.3 is 25.7 Å². The number of carbonyl (C=O) groups is 3. The zero-order chi connectivity index (χ0) is 42.1. The number of carboxylic acid groups (broad SMARTS) is 1. The molecule has 0 saturated carbocycles. The number of rotatable bonds is 39. The molecular weight excluding hydrogens is 745 g/mol. The topological polar surface area (TPSA) is 172 Å². The number of unbranched alkanes of at least 4 members (excludes halogenated alkanes) is 14. The Balaban J connectivity index is 4.50. The van der Waals surface area contributed by atoms with E-state index in [1.807, 2.05) is 31.2 Å². The maximum absolute atomic E-state index is 12.6. The Morgan fingerprint density at radius 1 is 0.579 bits per heavy atom. The number of carbonyl (C=O) groups excluding carboxylic acids is 2. The maximum atomic E-state index is 12.6. The first kappa shape index (κ1) is 53.9. The Bertz CT molecular complexity index is 1240. The molecule has 0 aliphatic heterocycles. The molecular formula is C45H76NO10P. The highest BCUT2D eigenvalue weighted by Crippen LogP contribution is 2.43. The van der Waals surface area contributed by atoms with E-state index in [1.54, 1.807) is 0 Å². The zero-order valence-corrected chi connectivity index (χ0v) is 36.0. The van der Waals surface area contributed by atoms with Gasteiger partial charge in [0, 0.05) is 12.8 Å². The highest BCUT2D eigenvalue weighted by molar-refractivity contribution is 7.47. The summed E-state index contributed by atoms with van der Waals surface area (Å²) in [6.07, 6.45) is 47.0. The van der Waals surface area contributed by atoms with E-state index in [2.05, 4.69) is 60.1 Å². The van der Waals surface area contributed by atoms with Crippen molar-refractivity contribution in [3.05, 3.63) is 72.9 Å². The lowest BCUT2D eigenvalue weighted by Gasteiger charge is -2.20. The first-order valence-corrected chi connectivity index (χ1v) is 22.9. The van der Waals surface area contributed by atoms with Crippen LogP contribution in [0.2, 0.25) is 0 Å². The summed E-state index contributed by atoms with van der Waals surface area (Å²) in [6, 6.07) is -1.53. The molecule has 4 N–H and O–H groups in total. The number of nitrogens with two attached hydrogens (primary N) is 1. The van der Waals surface area contributed by atoms with Crippen molar-refractivity contribution in [2.45, 2.75) is 174 Å². The fraction of sp³-hybridized carbons (Fsp3) is 0.667. The number of carboxylic acids is 1. The first-order valence-electron chi connectivity index (χ1n) is 21.4. The minimum Gasteiger partial charge on any atom is -0.480 e. The van der Waals surface area contributed by atoms with Crippen molar-refractivity contribution in [3.8, 4) is 0 Å². The van der Waals surface area contributed by atoms with Gasteiger partial charge in [-0.2, -0.15) is 0 Å². The molecule has 11 nitrogen and oxygen atoms in total. The standard InChI is InChI=1S/C45H76NO10P/c1-3-5-7-9-11-13-15-17-19-20-21-23-25-27-29-31-33-35-37-44(48)56-41(39-54-57(51,52)55-40-42(46)45(49)50)38-53-43(47)36-34-32-30-28-26-24-22-18-16-14-12-10-8-6-4-2/h3,5,9,11,15,17,20-21,25,27,31,33,41-42H,4,6-8,10,12-14,16,18-19,22-24,26,28-30,32,34-40,46H2,1-2H3,(H,49,50)(H,51,52)/b5-3-,11-9-,17-15-,21-20-,27-25-,33-31-/t41-,42+/m1/s1. The molecule has 0 amide bonds. The molecule has 0 spiro atoms. The van der Waals surface area contributed by atoms with Gasteiger partial charge in [0.1, 0.15) is 12.6 Å². The monoisotopic (exact) mass is 822 g/mol. The summed E-state index contributed by atoms with van der Waals surface area (Å²) >= 11 is 0. The van der Waals surface area contributed by atoms with Crippen LogP contribution in [0, 0.1) is 0 Å². The number of hydrogen-bond acceptors (Lipinski definition) is 9. The van der Waals surface area contributed by atoms with E-state index in [4.69, 9.17) is 24.8 Å². The fourth-order valence-corrected chi connectivity index (χ4v) is 6.21. The molecule has 0 radical (unpaired) electrons. The third-order valence-corrected chi connectivity index (χ3v) is 9.77. The lowest BCUT2D eigenvalue weighted by Crippen LogP contribution is -2.34. The summed E-state index contributed by atoms with van der Waals surface area (Å²) in [5.41, 5.74) is 5.32. The lowest BCUT2D eigenvalue weighted by atomic mass is 10.0. The van der Waals surface area contributed by atoms with Crippen LogP contribution >= 0.6 is 7.82 Å². The molecule has 57 heavy (non-hydrogen) atoms. The number of phosphoric ester groups is 1. The number of esters is 2. The molecule has 0 bridgehead atoms. The van der Waals surface area contributed by atoms with Gasteiger partial charge in [0.05, 0.1) is 13.2 Å². The van der Waals surface area contributed by atoms with E-state index in [9.17, 15) is 23.8 Å². The number of phosphoric acid groups is 1. The SMILES string of the molecule is C/C=C\C/C=C\C/C=C\C/C=C\C/C=C\C/C=C\CCC(=O)O[C@H](COC(=O)CCCCCCCCCCCCCCCCC)COP(=O)(O)OC[C@H](N)C(=O)O. The van der Waals surface area contributed by atoms with Crippen LogP contribution in [0.3, 0.4) is 0 Å². The summed E-state index contributed by atoms with van der Waals surface area (Å²) < 4.78 is 32.6. The summed E-state index contributed by atoms with van der Waals surface area (Å²) in [4.78, 5) is 45.9. The Labute approximate surface area is 344 Å². The molecule has 0 aliphatic carbocycles. The molecule has 0 aromatic rings. The third kappa shape index (κ3) is 39.5. The fourth-order valence-electron chi connectivity index (χ4n) is 5.43. The van der Waals surface area contributed by atoms with Gasteiger partial charge < -0.3 is 25.2 Å². The van der Waals surface area contributed by atoms with Crippen LogP contribution < -0.4 is 5.73 Å². The van der Waals surface area contributed by atoms with Crippen LogP contribution in [0.1, 0.15) is 162 Å². The van der Waals surface area contributed by atoms with Crippen molar-refractivity contribution in [1.82, 2.24) is 0 Å². The molecule has 0 rings (SSSR count). The van der Waals surface area contributed by atoms with E-state index >= 15 is 0 Å². The number of aliphatic carboxylic acids is 1. The number of hydrogen-bond donors (Lipinski definition) is 3. The van der Waals surface area contributed by atoms with Gasteiger partial charge in [-0.1, -0.05) is 170 Å². The Kier molecular flexibility index (Phi) is 37.6. The van der Waals surface area contributed by atoms with Crippen LogP contribution in [0.25, 0.3) is 0 Å². The van der Waals surface area contributed by atoms with Crippen LogP contribution in [-0.2, 0) is 37.5 Å². The number of ether oxygens (including phenoxy) is 2. The molecule has 0 heterocycles. The zero-order valence-electron chi connectivity index (χ0n) is 35.2. The minimum absolute atomic E-state index is 0.0341. The van der Waals surface area contributed by atoms with Gasteiger partial charge in [-0.05, 0) is 51.9 Å². The quantitative estimate of drug-likeness (QED) is 0.0233. The van der Waals surface area contributed by atoms with E-state index < -0.39 is 51.1 Å². The van der Waals surface area contributed by atoms with Crippen molar-refractivity contribution >= 4 is 25.7 Å². The van der Waals surface area contributed by atoms with Crippen molar-refractivity contribution < 1.29 is 47.5 Å². The second-order valence-corrected chi connectivity index (χ2v) is 15.6. The van der Waals surface area contributed by atoms with Crippen molar-refractivity contribution in [2.75, 3.05) is 19.8 Å². The summed E-state index contributed by atoms with van der Waals surface area (Å²) in [6.45, 7) is 2.50. The Morgan fingerprint density at radius 2 is 1.00 bits per heavy atom. The molecule has 3 atom stereocenters. The summed E-state index contributed by atoms with van der Waals surface area (Å²) in [5, 5.41) is 8.88. The number of allylic oxidation sites excluding steroid dienone is 12. The second kappa shape index (κ2) is 39.7. The average Bonchev–Trinajstić information content (AvgIpc) is 3.19. The molecule has 1 unspecified atom stereocenters. The molecule has 0 fully saturated rings. The normalized spacial score (nSPS) is 14.5. The molecule has 12 heteroatoms. The van der Waals surface area contributed by atoms with Gasteiger partial charge in [0.2, 0.25) is 0 Å². The van der Waals surface area contributed by atoms with Crippen molar-refractivity contribution in [2.24, 2.45) is 5.73 Å². The average molecular weight is 822 g/mol. The minimum atomic E-state index is -4.74. The molecule has 0 aromatic carbocycles. The van der Waals surface area contributed by atoms with E-state index in [-0.39, 0.29) is 19.4 Å². The van der Waals surface area contributed by atoms with Gasteiger partial charge in [-0.15, -0.1) is 0 Å². The highest BCUT2D eigenvalue weighted by Gasteiger charge is 2.28. The predicted octanol–water partition coefficient (Wildman–Crippen LogP) is 11.3. The van der Waals surface area contributed by atoms with Crippen LogP contribution in [0.5, 0.6) is 0 Å². The maximum Gasteiger partial charge on any atom is 0.472 e. The van der Waals surface area contributed by atoms with Gasteiger partial charge in [0.25, 0.3) is 0 Å². The van der Waals surface area contributed by atoms with Crippen LogP contribution in [0.4, 0.5) is 0 Å².